The zero-order valence-electron chi connectivity index (χ0n) is 17.8. The molecule has 0 aromatic heterocycles. The molecular weight excluding hydrogens is 414 g/mol. The van der Waals surface area contributed by atoms with Crippen LogP contribution in [0.3, 0.4) is 0 Å². The molecule has 0 aliphatic carbocycles. The van der Waals surface area contributed by atoms with E-state index in [1.54, 1.807) is 18.4 Å². The smallest absolute Gasteiger partial charge is 0.242 e. The molecule has 0 heterocycles. The average Bonchev–Trinajstić information content (AvgIpc) is 2.76. The summed E-state index contributed by atoms with van der Waals surface area (Å²) >= 11 is 0. The first kappa shape index (κ1) is 24.6. The van der Waals surface area contributed by atoms with Crippen LogP contribution in [0.5, 0.6) is 5.75 Å². The van der Waals surface area contributed by atoms with Crippen LogP contribution in [0, 0.1) is 0 Å². The summed E-state index contributed by atoms with van der Waals surface area (Å²) in [5, 5.41) is 14.9. The quantitative estimate of drug-likeness (QED) is 0.367. The van der Waals surface area contributed by atoms with Crippen molar-refractivity contribution in [3.05, 3.63) is 65.7 Å². The number of hydrogen-bond donors (Lipinski definition) is 4. The van der Waals surface area contributed by atoms with Gasteiger partial charge in [-0.1, -0.05) is 42.5 Å². The molecule has 168 valence electrons. The maximum absolute atomic E-state index is 12.6. The summed E-state index contributed by atoms with van der Waals surface area (Å²) in [5.41, 5.74) is 8.01. The van der Waals surface area contributed by atoms with Gasteiger partial charge in [0.05, 0.1) is 6.04 Å². The average molecular weight is 446 g/mol. The first-order valence-corrected chi connectivity index (χ1v) is 12.0. The van der Waals surface area contributed by atoms with Crippen molar-refractivity contribution >= 4 is 22.6 Å². The number of benzene rings is 2. The van der Waals surface area contributed by atoms with Gasteiger partial charge < -0.3 is 21.5 Å². The van der Waals surface area contributed by atoms with E-state index in [0.717, 1.165) is 18.4 Å². The Kier molecular flexibility index (Phi) is 10.2. The van der Waals surface area contributed by atoms with Gasteiger partial charge in [0.2, 0.25) is 11.8 Å². The third-order valence-corrected chi connectivity index (χ3v) is 5.65. The van der Waals surface area contributed by atoms with Crippen LogP contribution < -0.4 is 16.4 Å². The van der Waals surface area contributed by atoms with Gasteiger partial charge >= 0.3 is 0 Å². The third kappa shape index (κ3) is 9.31. The Morgan fingerprint density at radius 3 is 2.35 bits per heavy atom. The number of carbonyl (C=O) groups is 2. The normalized spacial score (nSPS) is 13.7. The number of phenols is 1. The van der Waals surface area contributed by atoms with Crippen molar-refractivity contribution < 1.29 is 18.9 Å². The lowest BCUT2D eigenvalue weighted by Gasteiger charge is -2.20. The number of amides is 2. The number of aromatic hydroxyl groups is 1. The lowest BCUT2D eigenvalue weighted by Crippen LogP contribution is -2.52. The van der Waals surface area contributed by atoms with E-state index in [1.165, 1.54) is 17.7 Å². The predicted octanol–water partition coefficient (Wildman–Crippen LogP) is 1.26. The fraction of sp³-hybridized carbons (Fsp3) is 0.391. The molecule has 2 rings (SSSR count). The van der Waals surface area contributed by atoms with Crippen LogP contribution in [0.2, 0.25) is 0 Å². The molecule has 0 saturated heterocycles. The van der Waals surface area contributed by atoms with Crippen LogP contribution in [0.4, 0.5) is 0 Å². The van der Waals surface area contributed by atoms with Gasteiger partial charge in [-0.05, 0) is 48.9 Å². The van der Waals surface area contributed by atoms with E-state index >= 15 is 0 Å². The summed E-state index contributed by atoms with van der Waals surface area (Å²) in [5.74, 6) is -0.309. The molecule has 31 heavy (non-hydrogen) atoms. The summed E-state index contributed by atoms with van der Waals surface area (Å²) in [4.78, 5) is 25.2. The topological polar surface area (TPSA) is 122 Å². The number of nitrogens with two attached hydrogens (primary N) is 1. The Hall–Kier alpha value is -2.71. The largest absolute Gasteiger partial charge is 0.508 e. The van der Waals surface area contributed by atoms with Crippen LogP contribution in [-0.4, -0.2) is 51.8 Å². The van der Waals surface area contributed by atoms with Crippen molar-refractivity contribution in [2.24, 2.45) is 5.73 Å². The van der Waals surface area contributed by atoms with Crippen LogP contribution in [0.25, 0.3) is 0 Å². The molecule has 0 spiro atoms. The highest BCUT2D eigenvalue weighted by molar-refractivity contribution is 7.84. The van der Waals surface area contributed by atoms with Crippen LogP contribution in [-0.2, 0) is 33.2 Å². The number of hydrogen-bond acceptors (Lipinski definition) is 5. The zero-order valence-corrected chi connectivity index (χ0v) is 18.6. The van der Waals surface area contributed by atoms with E-state index in [1.807, 2.05) is 30.3 Å². The predicted molar refractivity (Wildman–Crippen MR) is 123 cm³/mol. The van der Waals surface area contributed by atoms with Gasteiger partial charge in [0.15, 0.2) is 0 Å². The molecule has 7 nitrogen and oxygen atoms in total. The maximum Gasteiger partial charge on any atom is 0.242 e. The van der Waals surface area contributed by atoms with Gasteiger partial charge in [0.1, 0.15) is 11.8 Å². The minimum absolute atomic E-state index is 0.137. The molecule has 2 amide bonds. The molecule has 0 radical (unpaired) electrons. The fourth-order valence-corrected chi connectivity index (χ4v) is 3.65. The third-order valence-electron chi connectivity index (χ3n) is 4.84. The highest BCUT2D eigenvalue weighted by Gasteiger charge is 2.24. The number of rotatable bonds is 12. The second kappa shape index (κ2) is 12.9. The second-order valence-corrected chi connectivity index (χ2v) is 9.04. The molecule has 3 atom stereocenters. The highest BCUT2D eigenvalue weighted by Crippen LogP contribution is 2.11. The van der Waals surface area contributed by atoms with E-state index in [2.05, 4.69) is 10.6 Å². The van der Waals surface area contributed by atoms with Gasteiger partial charge in [-0.25, -0.2) is 0 Å². The van der Waals surface area contributed by atoms with Gasteiger partial charge in [0.25, 0.3) is 0 Å². The van der Waals surface area contributed by atoms with E-state index < -0.39 is 28.8 Å². The van der Waals surface area contributed by atoms with Gasteiger partial charge in [0, 0.05) is 29.4 Å². The van der Waals surface area contributed by atoms with E-state index in [4.69, 9.17) is 5.73 Å². The molecule has 3 unspecified atom stereocenters. The molecule has 0 bridgehead atoms. The summed E-state index contributed by atoms with van der Waals surface area (Å²) < 4.78 is 11.5. The van der Waals surface area contributed by atoms with Crippen molar-refractivity contribution in [2.45, 2.75) is 37.8 Å². The van der Waals surface area contributed by atoms with Crippen LogP contribution in [0.1, 0.15) is 24.0 Å². The van der Waals surface area contributed by atoms with Crippen molar-refractivity contribution in [3.8, 4) is 5.75 Å². The van der Waals surface area contributed by atoms with Gasteiger partial charge in [-0.3, -0.25) is 13.8 Å². The lowest BCUT2D eigenvalue weighted by molar-refractivity contribution is -0.129. The molecule has 0 aliphatic heterocycles. The van der Waals surface area contributed by atoms with Crippen LogP contribution >= 0.6 is 0 Å². The molecule has 2 aromatic rings. The second-order valence-electron chi connectivity index (χ2n) is 7.48. The van der Waals surface area contributed by atoms with E-state index in [0.29, 0.717) is 12.3 Å². The highest BCUT2D eigenvalue weighted by atomic mass is 32.2. The van der Waals surface area contributed by atoms with E-state index in [-0.39, 0.29) is 24.5 Å². The lowest BCUT2D eigenvalue weighted by atomic mass is 10.1. The van der Waals surface area contributed by atoms with Crippen molar-refractivity contribution in [1.29, 1.82) is 0 Å². The first-order valence-electron chi connectivity index (χ1n) is 10.3. The van der Waals surface area contributed by atoms with Crippen molar-refractivity contribution in [2.75, 3.05) is 18.6 Å². The Bertz CT molecular complexity index is 859. The number of carbonyl (C=O) groups excluding carboxylic acids is 2. The number of nitrogens with one attached hydrogen (secondary N) is 2. The maximum atomic E-state index is 12.6. The summed E-state index contributed by atoms with van der Waals surface area (Å²) in [7, 11) is -1.08. The van der Waals surface area contributed by atoms with Crippen molar-refractivity contribution in [3.63, 3.8) is 0 Å². The molecule has 0 saturated carbocycles. The fourth-order valence-electron chi connectivity index (χ4n) is 3.08. The Labute approximate surface area is 185 Å². The van der Waals surface area contributed by atoms with Gasteiger partial charge in [-0.2, -0.15) is 0 Å². The monoisotopic (exact) mass is 445 g/mol. The standard InChI is InChI=1S/C23H31N3O4S/c1-31(30)15-13-21(23(29)25-14-5-8-17-6-3-2-4-7-17)26-22(28)20(24)16-18-9-11-19(27)12-10-18/h2-4,6-7,9-12,20-21,27H,5,8,13-16,24H2,1H3,(H,25,29)(H,26,28). The SMILES string of the molecule is CS(=O)CCC(NC(=O)C(N)Cc1ccc(O)cc1)C(=O)NCCCc1ccccc1. The molecule has 5 N–H and O–H groups in total. The van der Waals surface area contributed by atoms with E-state index in [9.17, 15) is 18.9 Å². The van der Waals surface area contributed by atoms with Crippen LogP contribution in [0.15, 0.2) is 54.6 Å². The molecule has 0 aliphatic rings. The Balaban J connectivity index is 1.86. The summed E-state index contributed by atoms with van der Waals surface area (Å²) in [6, 6.07) is 14.8. The van der Waals surface area contributed by atoms with Crippen molar-refractivity contribution in [1.82, 2.24) is 10.6 Å². The first-order chi connectivity index (χ1) is 14.8. The van der Waals surface area contributed by atoms with Gasteiger partial charge in [-0.15, -0.1) is 0 Å². The molecule has 0 fully saturated rings. The molecule has 2 aromatic carbocycles. The molecule has 8 heteroatoms. The minimum atomic E-state index is -1.08. The summed E-state index contributed by atoms with van der Waals surface area (Å²) in [6.07, 6.45) is 3.72. The minimum Gasteiger partial charge on any atom is -0.508 e. The zero-order chi connectivity index (χ0) is 22.6. The Morgan fingerprint density at radius 2 is 1.71 bits per heavy atom. The number of aryl methyl sites for hydroxylation is 1. The Morgan fingerprint density at radius 1 is 1.03 bits per heavy atom. The molecular formula is C23H31N3O4S. The summed E-state index contributed by atoms with van der Waals surface area (Å²) in [6.45, 7) is 0.481. The number of phenolic OH excluding ortho intramolecular Hbond substituents is 1.